The van der Waals surface area contributed by atoms with Gasteiger partial charge in [0.15, 0.2) is 0 Å². The highest BCUT2D eigenvalue weighted by Crippen LogP contribution is 2.46. The number of ether oxygens (including phenoxy) is 3. The molecule has 290 valence electrons. The van der Waals surface area contributed by atoms with Crippen molar-refractivity contribution in [2.24, 2.45) is 0 Å². The van der Waals surface area contributed by atoms with Gasteiger partial charge in [0.25, 0.3) is 0 Å². The first-order valence-electron chi connectivity index (χ1n) is 21.8. The molecule has 54 heavy (non-hydrogen) atoms. The van der Waals surface area contributed by atoms with Crippen molar-refractivity contribution < 1.29 is 14.2 Å². The fraction of sp³-hybridized carbons (Fsp3) is 0.490. The standard InChI is InChI=1S/C51H68O3/c1-3-5-7-9-11-13-15-17-19-26-38-52-48-36-33-43-30-24-25-31-46(43)50(48)51-47-40-45(54-41-42-28-22-21-23-29-42)35-32-44(47)34-37-49(51)53-39-27-20-18-16-14-12-10-8-6-4-2/h21-25,28-37,40H,3-20,26-27,38-39,41H2,1-2H3. The van der Waals surface area contributed by atoms with Crippen LogP contribution in [0.25, 0.3) is 32.7 Å². The number of fused-ring (bicyclic) bond motifs is 2. The van der Waals surface area contributed by atoms with Crippen LogP contribution in [-0.2, 0) is 6.61 Å². The third-order valence-electron chi connectivity index (χ3n) is 10.9. The summed E-state index contributed by atoms with van der Waals surface area (Å²) in [5.74, 6) is 2.70. The van der Waals surface area contributed by atoms with Crippen molar-refractivity contribution in [1.82, 2.24) is 0 Å². The van der Waals surface area contributed by atoms with Gasteiger partial charge in [-0.25, -0.2) is 0 Å². The van der Waals surface area contributed by atoms with Crippen molar-refractivity contribution in [3.8, 4) is 28.4 Å². The normalized spacial score (nSPS) is 11.4. The zero-order chi connectivity index (χ0) is 37.5. The summed E-state index contributed by atoms with van der Waals surface area (Å²) >= 11 is 0. The summed E-state index contributed by atoms with van der Waals surface area (Å²) in [6.45, 7) is 6.52. The van der Waals surface area contributed by atoms with Crippen molar-refractivity contribution in [1.29, 1.82) is 0 Å². The highest BCUT2D eigenvalue weighted by atomic mass is 16.5. The van der Waals surface area contributed by atoms with Gasteiger partial charge in [0.1, 0.15) is 23.9 Å². The topological polar surface area (TPSA) is 27.7 Å². The Labute approximate surface area is 327 Å². The second kappa shape index (κ2) is 24.4. The first kappa shape index (κ1) is 41.2. The largest absolute Gasteiger partial charge is 0.493 e. The fourth-order valence-corrected chi connectivity index (χ4v) is 7.66. The minimum Gasteiger partial charge on any atom is -0.493 e. The van der Waals surface area contributed by atoms with E-state index in [2.05, 4.69) is 105 Å². The molecule has 0 fully saturated rings. The molecule has 0 atom stereocenters. The summed E-state index contributed by atoms with van der Waals surface area (Å²) in [7, 11) is 0. The molecule has 0 spiro atoms. The lowest BCUT2D eigenvalue weighted by molar-refractivity contribution is 0.301. The van der Waals surface area contributed by atoms with Crippen molar-refractivity contribution in [2.45, 2.75) is 149 Å². The van der Waals surface area contributed by atoms with E-state index in [1.807, 2.05) is 6.07 Å². The van der Waals surface area contributed by atoms with Crippen LogP contribution >= 0.6 is 0 Å². The smallest absolute Gasteiger partial charge is 0.127 e. The van der Waals surface area contributed by atoms with Gasteiger partial charge in [-0.05, 0) is 64.2 Å². The van der Waals surface area contributed by atoms with Crippen molar-refractivity contribution in [2.75, 3.05) is 13.2 Å². The van der Waals surface area contributed by atoms with Gasteiger partial charge >= 0.3 is 0 Å². The van der Waals surface area contributed by atoms with Crippen LogP contribution in [-0.4, -0.2) is 13.2 Å². The minimum absolute atomic E-state index is 0.526. The molecule has 5 aromatic rings. The van der Waals surface area contributed by atoms with Gasteiger partial charge in [0, 0.05) is 11.1 Å². The van der Waals surface area contributed by atoms with Gasteiger partial charge in [-0.2, -0.15) is 0 Å². The summed E-state index contributed by atoms with van der Waals surface area (Å²) in [6.07, 6.45) is 26.2. The Hall–Kier alpha value is -3.98. The van der Waals surface area contributed by atoms with Crippen LogP contribution in [0.2, 0.25) is 0 Å². The van der Waals surface area contributed by atoms with Crippen LogP contribution in [0.5, 0.6) is 17.2 Å². The molecule has 3 heteroatoms. The van der Waals surface area contributed by atoms with E-state index in [1.54, 1.807) is 0 Å². The fourth-order valence-electron chi connectivity index (χ4n) is 7.66. The molecule has 5 aromatic carbocycles. The first-order valence-corrected chi connectivity index (χ1v) is 21.8. The van der Waals surface area contributed by atoms with Gasteiger partial charge in [-0.15, -0.1) is 0 Å². The lowest BCUT2D eigenvalue weighted by atomic mass is 9.92. The summed E-state index contributed by atoms with van der Waals surface area (Å²) in [5, 5.41) is 4.68. The van der Waals surface area contributed by atoms with E-state index >= 15 is 0 Å². The molecular formula is C51H68O3. The summed E-state index contributed by atoms with van der Waals surface area (Å²) in [6, 6.07) is 34.3. The number of hydrogen-bond donors (Lipinski definition) is 0. The Balaban J connectivity index is 1.34. The molecule has 0 saturated heterocycles. The molecule has 0 N–H and O–H groups in total. The van der Waals surface area contributed by atoms with Crippen molar-refractivity contribution in [3.05, 3.63) is 103 Å². The predicted molar refractivity (Wildman–Crippen MR) is 232 cm³/mol. The molecule has 0 amide bonds. The summed E-state index contributed by atoms with van der Waals surface area (Å²) in [5.41, 5.74) is 3.37. The molecule has 0 aliphatic carbocycles. The molecule has 0 aliphatic heterocycles. The maximum Gasteiger partial charge on any atom is 0.127 e. The molecule has 5 rings (SSSR count). The molecular weight excluding hydrogens is 661 g/mol. The van der Waals surface area contributed by atoms with Gasteiger partial charge in [-0.3, -0.25) is 0 Å². The third kappa shape index (κ3) is 13.4. The SMILES string of the molecule is CCCCCCCCCCCCOc1ccc2ccccc2c1-c1c(OCCCCCCCCCCCC)ccc2ccc(OCc3ccccc3)cc12. The molecule has 0 bridgehead atoms. The van der Waals surface area contributed by atoms with E-state index < -0.39 is 0 Å². The Morgan fingerprint density at radius 2 is 0.815 bits per heavy atom. The van der Waals surface area contributed by atoms with E-state index in [-0.39, 0.29) is 0 Å². The summed E-state index contributed by atoms with van der Waals surface area (Å²) < 4.78 is 19.9. The van der Waals surface area contributed by atoms with Crippen molar-refractivity contribution in [3.63, 3.8) is 0 Å². The maximum atomic E-state index is 6.76. The average Bonchev–Trinajstić information content (AvgIpc) is 3.21. The van der Waals surface area contributed by atoms with E-state index in [1.165, 1.54) is 126 Å². The zero-order valence-corrected chi connectivity index (χ0v) is 33.7. The molecule has 0 unspecified atom stereocenters. The number of unbranched alkanes of at least 4 members (excludes halogenated alkanes) is 18. The van der Waals surface area contributed by atoms with Gasteiger partial charge in [0.2, 0.25) is 0 Å². The van der Waals surface area contributed by atoms with E-state index in [0.29, 0.717) is 19.8 Å². The summed E-state index contributed by atoms with van der Waals surface area (Å²) in [4.78, 5) is 0. The van der Waals surface area contributed by atoms with Crippen LogP contribution < -0.4 is 14.2 Å². The lowest BCUT2D eigenvalue weighted by Crippen LogP contribution is -2.03. The number of benzene rings is 5. The first-order chi connectivity index (χ1) is 26.8. The van der Waals surface area contributed by atoms with Gasteiger partial charge in [0.05, 0.1) is 13.2 Å². The van der Waals surface area contributed by atoms with Crippen LogP contribution in [0, 0.1) is 0 Å². The van der Waals surface area contributed by atoms with Crippen LogP contribution in [0.15, 0.2) is 97.1 Å². The molecule has 0 heterocycles. The van der Waals surface area contributed by atoms with Crippen molar-refractivity contribution >= 4 is 21.5 Å². The second-order valence-corrected chi connectivity index (χ2v) is 15.3. The molecule has 0 aromatic heterocycles. The van der Waals surface area contributed by atoms with Gasteiger partial charge in [-0.1, -0.05) is 202 Å². The number of hydrogen-bond acceptors (Lipinski definition) is 3. The Morgan fingerprint density at radius 1 is 0.370 bits per heavy atom. The van der Waals surface area contributed by atoms with Crippen LogP contribution in [0.4, 0.5) is 0 Å². The van der Waals surface area contributed by atoms with Gasteiger partial charge < -0.3 is 14.2 Å². The minimum atomic E-state index is 0.526. The van der Waals surface area contributed by atoms with Crippen LogP contribution in [0.3, 0.4) is 0 Å². The lowest BCUT2D eigenvalue weighted by Gasteiger charge is -2.20. The zero-order valence-electron chi connectivity index (χ0n) is 33.7. The highest BCUT2D eigenvalue weighted by Gasteiger charge is 2.20. The Kier molecular flexibility index (Phi) is 18.6. The molecule has 0 saturated carbocycles. The number of rotatable bonds is 28. The third-order valence-corrected chi connectivity index (χ3v) is 10.9. The predicted octanol–water partition coefficient (Wildman–Crippen LogP) is 15.8. The molecule has 0 radical (unpaired) electrons. The average molecular weight is 729 g/mol. The Bertz CT molecular complexity index is 1760. The highest BCUT2D eigenvalue weighted by molar-refractivity contribution is 6.10. The van der Waals surface area contributed by atoms with E-state index in [0.717, 1.165) is 57.6 Å². The second-order valence-electron chi connectivity index (χ2n) is 15.3. The van der Waals surface area contributed by atoms with E-state index in [9.17, 15) is 0 Å². The quantitative estimate of drug-likeness (QED) is 0.0480. The van der Waals surface area contributed by atoms with E-state index in [4.69, 9.17) is 14.2 Å². The monoisotopic (exact) mass is 729 g/mol. The Morgan fingerprint density at radius 3 is 1.37 bits per heavy atom. The maximum absolute atomic E-state index is 6.76. The molecule has 3 nitrogen and oxygen atoms in total. The molecule has 0 aliphatic rings. The van der Waals surface area contributed by atoms with Crippen LogP contribution in [0.1, 0.15) is 148 Å².